The van der Waals surface area contributed by atoms with Crippen molar-refractivity contribution in [1.29, 1.82) is 0 Å². The largest absolute Gasteiger partial charge is 0.492 e. The van der Waals surface area contributed by atoms with Gasteiger partial charge in [0.1, 0.15) is 9.97 Å². The third-order valence-corrected chi connectivity index (χ3v) is 8.00. The average molecular weight is 495 g/mol. The number of halogens is 3. The Morgan fingerprint density at radius 3 is 2.50 bits per heavy atom. The first kappa shape index (κ1) is 26.4. The van der Waals surface area contributed by atoms with Gasteiger partial charge in [-0.3, -0.25) is 4.90 Å². The maximum atomic E-state index is 12.9. The fraction of sp³-hybridized carbons (Fsp3) is 0.524. The Hall–Kier alpha value is -1.82. The summed E-state index contributed by atoms with van der Waals surface area (Å²) < 4.78 is 76.5. The number of hydrogen-bond acceptors (Lipinski definition) is 6. The van der Waals surface area contributed by atoms with Crippen molar-refractivity contribution in [3.63, 3.8) is 0 Å². The minimum absolute atomic E-state index is 0.0482. The molecule has 0 aromatic carbocycles. The maximum absolute atomic E-state index is 12.9. The number of thiophene rings is 1. The van der Waals surface area contributed by atoms with Crippen LogP contribution < -0.4 is 4.72 Å². The molecular formula is C21H29F3N2O4S2. The molecule has 0 bridgehead atoms. The second-order valence-electron chi connectivity index (χ2n) is 8.25. The van der Waals surface area contributed by atoms with Crippen molar-refractivity contribution in [2.24, 2.45) is 0 Å². The van der Waals surface area contributed by atoms with Crippen LogP contribution in [0, 0.1) is 0 Å². The highest BCUT2D eigenvalue weighted by atomic mass is 32.2. The summed E-state index contributed by atoms with van der Waals surface area (Å²) in [4.78, 5) is 2.57. The van der Waals surface area contributed by atoms with Crippen LogP contribution in [0.2, 0.25) is 0 Å². The van der Waals surface area contributed by atoms with Crippen LogP contribution in [0.4, 0.5) is 13.2 Å². The zero-order valence-corrected chi connectivity index (χ0v) is 20.3. The lowest BCUT2D eigenvalue weighted by Gasteiger charge is -2.35. The van der Waals surface area contributed by atoms with Gasteiger partial charge in [-0.2, -0.15) is 13.2 Å². The second kappa shape index (κ2) is 10.4. The summed E-state index contributed by atoms with van der Waals surface area (Å²) >= 11 is 0.933. The number of furan rings is 1. The normalized spacial score (nSPS) is 14.7. The molecule has 11 heteroatoms. The van der Waals surface area contributed by atoms with Gasteiger partial charge in [0.25, 0.3) is 0 Å². The van der Waals surface area contributed by atoms with Crippen molar-refractivity contribution in [1.82, 2.24) is 9.62 Å². The number of allylic oxidation sites excluding steroid dienone is 2. The maximum Gasteiger partial charge on any atom is 0.448 e. The van der Waals surface area contributed by atoms with Gasteiger partial charge in [-0.25, -0.2) is 13.1 Å². The van der Waals surface area contributed by atoms with Crippen molar-refractivity contribution in [2.45, 2.75) is 56.1 Å². The number of alkyl halides is 3. The molecular weight excluding hydrogens is 465 g/mol. The molecule has 0 aliphatic heterocycles. The molecule has 0 spiro atoms. The van der Waals surface area contributed by atoms with Crippen molar-refractivity contribution in [3.05, 3.63) is 53.0 Å². The van der Waals surface area contributed by atoms with E-state index >= 15 is 0 Å². The zero-order valence-electron chi connectivity index (χ0n) is 18.7. The van der Waals surface area contributed by atoms with Crippen LogP contribution >= 0.6 is 11.3 Å². The fourth-order valence-corrected chi connectivity index (χ4v) is 5.35. The Balaban J connectivity index is 2.05. The molecule has 2 heterocycles. The first-order valence-electron chi connectivity index (χ1n) is 9.94. The molecule has 6 nitrogen and oxygen atoms in total. The Labute approximate surface area is 191 Å². The summed E-state index contributed by atoms with van der Waals surface area (Å²) in [6, 6.07) is 6.58. The van der Waals surface area contributed by atoms with E-state index < -0.39 is 27.9 Å². The molecule has 0 aliphatic carbocycles. The first-order chi connectivity index (χ1) is 14.7. The number of nitrogens with one attached hydrogen (secondary N) is 1. The highest BCUT2D eigenvalue weighted by Gasteiger charge is 2.35. The highest BCUT2D eigenvalue weighted by Crippen LogP contribution is 2.33. The minimum Gasteiger partial charge on any atom is -0.492 e. The lowest BCUT2D eigenvalue weighted by molar-refractivity contribution is -0.126. The summed E-state index contributed by atoms with van der Waals surface area (Å²) in [5.74, 6) is -0.994. The molecule has 0 amide bonds. The SMILES string of the molecule is CO/C(=C\C(C)c1ccc(S(=O)(=O)NCCN(Cc2ccco2)C(C)(C)C)s1)C(F)(F)F. The van der Waals surface area contributed by atoms with Gasteiger partial charge in [-0.15, -0.1) is 11.3 Å². The molecule has 2 aromatic heterocycles. The van der Waals surface area contributed by atoms with Gasteiger partial charge in [0.05, 0.1) is 19.9 Å². The number of hydrogen-bond donors (Lipinski definition) is 1. The quantitative estimate of drug-likeness (QED) is 0.465. The number of sulfonamides is 1. The average Bonchev–Trinajstić information content (AvgIpc) is 3.35. The second-order valence-corrected chi connectivity index (χ2v) is 11.4. The minimum atomic E-state index is -4.61. The van der Waals surface area contributed by atoms with Crippen LogP contribution in [0.15, 0.2) is 51.0 Å². The number of rotatable bonds is 10. The van der Waals surface area contributed by atoms with Crippen LogP contribution in [0.25, 0.3) is 0 Å². The number of nitrogens with zero attached hydrogens (tertiary/aromatic N) is 1. The van der Waals surface area contributed by atoms with E-state index in [9.17, 15) is 21.6 Å². The van der Waals surface area contributed by atoms with Crippen molar-refractivity contribution >= 4 is 21.4 Å². The zero-order chi connectivity index (χ0) is 24.2. The molecule has 0 saturated heterocycles. The predicted octanol–water partition coefficient (Wildman–Crippen LogP) is 5.12. The van der Waals surface area contributed by atoms with E-state index in [0.29, 0.717) is 18.0 Å². The smallest absolute Gasteiger partial charge is 0.448 e. The molecule has 2 aromatic rings. The highest BCUT2D eigenvalue weighted by molar-refractivity contribution is 7.91. The molecule has 0 fully saturated rings. The predicted molar refractivity (Wildman–Crippen MR) is 118 cm³/mol. The van der Waals surface area contributed by atoms with E-state index in [1.165, 1.54) is 12.1 Å². The Morgan fingerprint density at radius 1 is 1.28 bits per heavy atom. The Kier molecular flexibility index (Phi) is 8.60. The molecule has 32 heavy (non-hydrogen) atoms. The molecule has 0 radical (unpaired) electrons. The topological polar surface area (TPSA) is 71.8 Å². The van der Waals surface area contributed by atoms with Gasteiger partial charge in [-0.05, 0) is 51.1 Å². The fourth-order valence-electron chi connectivity index (χ4n) is 2.94. The summed E-state index contributed by atoms with van der Waals surface area (Å²) in [6.45, 7) is 8.79. The van der Waals surface area contributed by atoms with Crippen LogP contribution in [-0.4, -0.2) is 45.2 Å². The van der Waals surface area contributed by atoms with Crippen LogP contribution in [0.3, 0.4) is 0 Å². The number of ether oxygens (including phenoxy) is 1. The lowest BCUT2D eigenvalue weighted by atomic mass is 10.1. The summed E-state index contributed by atoms with van der Waals surface area (Å²) in [7, 11) is -2.84. The van der Waals surface area contributed by atoms with Crippen molar-refractivity contribution in [3.8, 4) is 0 Å². The van der Waals surface area contributed by atoms with E-state index in [1.54, 1.807) is 19.3 Å². The van der Waals surface area contributed by atoms with E-state index in [4.69, 9.17) is 4.42 Å². The number of methoxy groups -OCH3 is 1. The summed E-state index contributed by atoms with van der Waals surface area (Å²) in [5.41, 5.74) is -0.215. The molecule has 2 rings (SSSR count). The van der Waals surface area contributed by atoms with Gasteiger partial charge in [0.2, 0.25) is 10.0 Å². The van der Waals surface area contributed by atoms with Gasteiger partial charge < -0.3 is 9.15 Å². The molecule has 1 unspecified atom stereocenters. The molecule has 0 aliphatic rings. The van der Waals surface area contributed by atoms with Gasteiger partial charge in [-0.1, -0.05) is 6.92 Å². The monoisotopic (exact) mass is 494 g/mol. The van der Waals surface area contributed by atoms with E-state index in [2.05, 4.69) is 14.4 Å². The standard InChI is InChI=1S/C21H29F3N2O4S2/c1-15(13-18(29-5)21(22,23)24)17-8-9-19(31-17)32(27,28)25-10-11-26(20(2,3)4)14-16-7-6-12-30-16/h6-9,12-13,15,25H,10-11,14H2,1-5H3/b18-13-. The van der Waals surface area contributed by atoms with E-state index in [0.717, 1.165) is 30.3 Å². The third kappa shape index (κ3) is 7.36. The molecule has 1 N–H and O–H groups in total. The first-order valence-corrected chi connectivity index (χ1v) is 12.2. The Bertz CT molecular complexity index is 991. The van der Waals surface area contributed by atoms with Gasteiger partial charge >= 0.3 is 6.18 Å². The van der Waals surface area contributed by atoms with E-state index in [-0.39, 0.29) is 16.3 Å². The van der Waals surface area contributed by atoms with Crippen molar-refractivity contribution < 1.29 is 30.7 Å². The molecule has 1 atom stereocenters. The summed E-state index contributed by atoms with van der Waals surface area (Å²) in [6.07, 6.45) is -2.08. The van der Waals surface area contributed by atoms with Crippen LogP contribution in [0.1, 0.15) is 44.3 Å². The summed E-state index contributed by atoms with van der Waals surface area (Å²) in [5, 5.41) is 0. The Morgan fingerprint density at radius 2 is 1.97 bits per heavy atom. The van der Waals surface area contributed by atoms with Gasteiger partial charge in [0, 0.05) is 29.4 Å². The van der Waals surface area contributed by atoms with Crippen LogP contribution in [-0.2, 0) is 21.3 Å². The van der Waals surface area contributed by atoms with Crippen molar-refractivity contribution in [2.75, 3.05) is 20.2 Å². The lowest BCUT2D eigenvalue weighted by Crippen LogP contribution is -2.44. The molecule has 180 valence electrons. The van der Waals surface area contributed by atoms with Gasteiger partial charge in [0.15, 0.2) is 5.76 Å². The molecule has 0 saturated carbocycles. The van der Waals surface area contributed by atoms with E-state index in [1.807, 2.05) is 26.8 Å². The third-order valence-electron chi connectivity index (χ3n) is 4.77. The van der Waals surface area contributed by atoms with Crippen LogP contribution in [0.5, 0.6) is 0 Å².